The van der Waals surface area contributed by atoms with Crippen LogP contribution in [-0.2, 0) is 22.3 Å². The zero-order valence-corrected chi connectivity index (χ0v) is 15.7. The molecule has 156 valence electrons. The van der Waals surface area contributed by atoms with Crippen molar-refractivity contribution in [1.82, 2.24) is 10.3 Å². The van der Waals surface area contributed by atoms with Crippen molar-refractivity contribution in [3.63, 3.8) is 0 Å². The summed E-state index contributed by atoms with van der Waals surface area (Å²) in [6.07, 6.45) is -3.17. The summed E-state index contributed by atoms with van der Waals surface area (Å²) in [6.45, 7) is 0.455. The first kappa shape index (κ1) is 21.3. The minimum atomic E-state index is -4.74. The van der Waals surface area contributed by atoms with E-state index >= 15 is 0 Å². The number of anilines is 2. The maximum atomic E-state index is 14.0. The summed E-state index contributed by atoms with van der Waals surface area (Å²) in [5.41, 5.74) is 3.28. The van der Waals surface area contributed by atoms with Crippen LogP contribution in [0.4, 0.5) is 28.9 Å². The Morgan fingerprint density at radius 3 is 2.76 bits per heavy atom. The molecule has 1 fully saturated rings. The Labute approximate surface area is 168 Å². The molecule has 1 aromatic carbocycles. The van der Waals surface area contributed by atoms with Gasteiger partial charge in [-0.3, -0.25) is 9.78 Å². The molecule has 0 radical (unpaired) electrons. The van der Waals surface area contributed by atoms with Gasteiger partial charge in [-0.2, -0.15) is 13.2 Å². The fourth-order valence-electron chi connectivity index (χ4n) is 2.80. The van der Waals surface area contributed by atoms with Crippen molar-refractivity contribution < 1.29 is 27.1 Å². The Bertz CT molecular complexity index is 917. The molecule has 1 aromatic heterocycles. The molecule has 0 bridgehead atoms. The van der Waals surface area contributed by atoms with Gasteiger partial charge in [-0.15, -0.1) is 0 Å². The van der Waals surface area contributed by atoms with Crippen LogP contribution >= 0.6 is 11.6 Å². The molecule has 3 rings (SSSR count). The van der Waals surface area contributed by atoms with Gasteiger partial charge < -0.3 is 21.1 Å². The number of alkyl halides is 3. The zero-order chi connectivity index (χ0) is 21.2. The quantitative estimate of drug-likeness (QED) is 0.630. The minimum absolute atomic E-state index is 0.0373. The molecule has 1 aliphatic heterocycles. The monoisotopic (exact) mass is 432 g/mol. The van der Waals surface area contributed by atoms with Crippen LogP contribution in [0.3, 0.4) is 0 Å². The maximum absolute atomic E-state index is 14.0. The van der Waals surface area contributed by atoms with E-state index in [1.54, 1.807) is 0 Å². The Hall–Kier alpha value is -2.43. The van der Waals surface area contributed by atoms with Gasteiger partial charge in [-0.05, 0) is 24.6 Å². The number of ether oxygens (including phenoxy) is 1. The van der Waals surface area contributed by atoms with Gasteiger partial charge in [0.05, 0.1) is 47.0 Å². The molecule has 2 heterocycles. The highest BCUT2D eigenvalue weighted by Gasteiger charge is 2.38. The number of halogens is 5. The van der Waals surface area contributed by atoms with Gasteiger partial charge in [0.25, 0.3) is 0 Å². The number of carbonyl (C=O) groups is 1. The van der Waals surface area contributed by atoms with Gasteiger partial charge in [0, 0.05) is 6.61 Å². The third-order valence-electron chi connectivity index (χ3n) is 4.43. The Morgan fingerprint density at radius 1 is 1.38 bits per heavy atom. The first-order chi connectivity index (χ1) is 13.6. The lowest BCUT2D eigenvalue weighted by Crippen LogP contribution is -2.54. The molecule has 0 unspecified atom stereocenters. The molecular weight excluding hydrogens is 416 g/mol. The number of aromatic nitrogens is 1. The summed E-state index contributed by atoms with van der Waals surface area (Å²) in [4.78, 5) is 16.2. The SMILES string of the molecule is N[C@@]1(C(=O)NCc2ncc(Nc3c(F)cccc3C(F)(F)F)cc2Cl)CCOC1. The fraction of sp³-hybridized carbons (Fsp3) is 0.333. The second kappa shape index (κ2) is 8.13. The van der Waals surface area contributed by atoms with E-state index < -0.39 is 34.7 Å². The number of amides is 1. The van der Waals surface area contributed by atoms with E-state index in [-0.39, 0.29) is 29.6 Å². The Kier molecular flexibility index (Phi) is 5.97. The number of para-hydroxylation sites is 1. The van der Waals surface area contributed by atoms with Gasteiger partial charge in [-0.1, -0.05) is 17.7 Å². The number of nitrogens with one attached hydrogen (secondary N) is 2. The average molecular weight is 433 g/mol. The first-order valence-electron chi connectivity index (χ1n) is 8.52. The molecule has 4 N–H and O–H groups in total. The number of pyridine rings is 1. The van der Waals surface area contributed by atoms with E-state index in [0.29, 0.717) is 13.0 Å². The molecule has 1 aliphatic rings. The third kappa shape index (κ3) is 4.77. The van der Waals surface area contributed by atoms with Crippen LogP contribution in [0.1, 0.15) is 17.7 Å². The maximum Gasteiger partial charge on any atom is 0.418 e. The summed E-state index contributed by atoms with van der Waals surface area (Å²) in [5.74, 6) is -1.49. The Balaban J connectivity index is 1.73. The third-order valence-corrected chi connectivity index (χ3v) is 4.75. The van der Waals surface area contributed by atoms with E-state index in [0.717, 1.165) is 18.2 Å². The van der Waals surface area contributed by atoms with Crippen LogP contribution < -0.4 is 16.4 Å². The van der Waals surface area contributed by atoms with Crippen LogP contribution in [0.5, 0.6) is 0 Å². The van der Waals surface area contributed by atoms with E-state index in [1.807, 2.05) is 0 Å². The van der Waals surface area contributed by atoms with Crippen LogP contribution in [0.25, 0.3) is 0 Å². The minimum Gasteiger partial charge on any atom is -0.379 e. The second-order valence-corrected chi connectivity index (χ2v) is 6.99. The first-order valence-corrected chi connectivity index (χ1v) is 8.90. The fourth-order valence-corrected chi connectivity index (χ4v) is 3.03. The molecule has 29 heavy (non-hydrogen) atoms. The standard InChI is InChI=1S/C18H17ClF4N4O2/c19-12-6-10(27-15-11(18(21,22)23)2-1-3-13(15)20)7-25-14(12)8-26-16(28)17(24)4-5-29-9-17/h1-3,6-7,27H,4-5,8-9,24H2,(H,26,28)/t17-/m0/s1. The molecular formula is C18H17ClF4N4O2. The van der Waals surface area contributed by atoms with Crippen molar-refractivity contribution in [2.75, 3.05) is 18.5 Å². The van der Waals surface area contributed by atoms with Crippen LogP contribution in [0.15, 0.2) is 30.5 Å². The number of carbonyl (C=O) groups excluding carboxylic acids is 1. The number of nitrogens with two attached hydrogens (primary N) is 1. The van der Waals surface area contributed by atoms with Gasteiger partial charge in [0.15, 0.2) is 0 Å². The lowest BCUT2D eigenvalue weighted by atomic mass is 9.99. The lowest BCUT2D eigenvalue weighted by Gasteiger charge is -2.20. The normalized spacial score (nSPS) is 19.2. The molecule has 6 nitrogen and oxygen atoms in total. The van der Waals surface area contributed by atoms with Crippen LogP contribution in [0, 0.1) is 5.82 Å². The van der Waals surface area contributed by atoms with Crippen molar-refractivity contribution in [3.8, 4) is 0 Å². The summed E-state index contributed by atoms with van der Waals surface area (Å²) in [5, 5.41) is 5.05. The molecule has 0 spiro atoms. The number of nitrogens with zero attached hydrogens (tertiary/aromatic N) is 1. The van der Waals surface area contributed by atoms with Gasteiger partial charge in [0.2, 0.25) is 5.91 Å². The molecule has 1 saturated heterocycles. The van der Waals surface area contributed by atoms with Crippen molar-refractivity contribution >= 4 is 28.9 Å². The van der Waals surface area contributed by atoms with Gasteiger partial charge in [0.1, 0.15) is 11.4 Å². The van der Waals surface area contributed by atoms with E-state index in [2.05, 4.69) is 15.6 Å². The molecule has 0 saturated carbocycles. The number of hydrogen-bond donors (Lipinski definition) is 3. The molecule has 0 aliphatic carbocycles. The summed E-state index contributed by atoms with van der Waals surface area (Å²) < 4.78 is 58.4. The zero-order valence-electron chi connectivity index (χ0n) is 14.9. The second-order valence-electron chi connectivity index (χ2n) is 6.58. The lowest BCUT2D eigenvalue weighted by molar-refractivity contribution is -0.137. The highest BCUT2D eigenvalue weighted by molar-refractivity contribution is 6.31. The van der Waals surface area contributed by atoms with Gasteiger partial charge in [-0.25, -0.2) is 4.39 Å². The van der Waals surface area contributed by atoms with Crippen molar-refractivity contribution in [1.29, 1.82) is 0 Å². The van der Waals surface area contributed by atoms with E-state index in [4.69, 9.17) is 22.1 Å². The highest BCUT2D eigenvalue weighted by atomic mass is 35.5. The van der Waals surface area contributed by atoms with Crippen LogP contribution in [-0.4, -0.2) is 29.6 Å². The topological polar surface area (TPSA) is 89.3 Å². The number of hydrogen-bond acceptors (Lipinski definition) is 5. The van der Waals surface area contributed by atoms with Crippen molar-refractivity contribution in [2.24, 2.45) is 5.73 Å². The van der Waals surface area contributed by atoms with Crippen molar-refractivity contribution in [3.05, 3.63) is 52.6 Å². The number of rotatable bonds is 5. The average Bonchev–Trinajstić information content (AvgIpc) is 3.09. The Morgan fingerprint density at radius 2 is 2.14 bits per heavy atom. The largest absolute Gasteiger partial charge is 0.418 e. The van der Waals surface area contributed by atoms with E-state index in [1.165, 1.54) is 12.3 Å². The predicted octanol–water partition coefficient (Wildman–Crippen LogP) is 3.37. The predicted molar refractivity (Wildman–Crippen MR) is 98.1 cm³/mol. The molecule has 1 atom stereocenters. The van der Waals surface area contributed by atoms with Crippen LogP contribution in [0.2, 0.25) is 5.02 Å². The molecule has 2 aromatic rings. The number of benzene rings is 1. The molecule has 1 amide bonds. The van der Waals surface area contributed by atoms with E-state index in [9.17, 15) is 22.4 Å². The highest BCUT2D eigenvalue weighted by Crippen LogP contribution is 2.37. The summed E-state index contributed by atoms with van der Waals surface area (Å²) >= 11 is 6.12. The molecule has 11 heteroatoms. The van der Waals surface area contributed by atoms with Gasteiger partial charge >= 0.3 is 6.18 Å². The summed E-state index contributed by atoms with van der Waals surface area (Å²) in [7, 11) is 0. The van der Waals surface area contributed by atoms with Crippen molar-refractivity contribution in [2.45, 2.75) is 24.7 Å². The summed E-state index contributed by atoms with van der Waals surface area (Å²) in [6, 6.07) is 3.94. The smallest absolute Gasteiger partial charge is 0.379 e.